The zero-order valence-electron chi connectivity index (χ0n) is 20.2. The Morgan fingerprint density at radius 1 is 1.15 bits per heavy atom. The summed E-state index contributed by atoms with van der Waals surface area (Å²) in [5.41, 5.74) is 7.04. The fourth-order valence-electron chi connectivity index (χ4n) is 3.91. The molecule has 5 rings (SSSR count). The highest BCUT2D eigenvalue weighted by atomic mass is 19.4. The molecule has 0 spiro atoms. The van der Waals surface area contributed by atoms with Crippen molar-refractivity contribution in [1.29, 1.82) is 5.41 Å². The van der Waals surface area contributed by atoms with E-state index in [1.165, 1.54) is 0 Å². The molecule has 3 aromatic rings. The van der Waals surface area contributed by atoms with Crippen LogP contribution in [0.1, 0.15) is 22.4 Å². The zero-order chi connectivity index (χ0) is 27.6. The summed E-state index contributed by atoms with van der Waals surface area (Å²) in [5, 5.41) is 13.9. The molecule has 2 aliphatic rings. The molecule has 10 nitrogen and oxygen atoms in total. The zero-order valence-corrected chi connectivity index (χ0v) is 20.2. The maximum atomic E-state index is 13.3. The molecule has 3 heterocycles. The van der Waals surface area contributed by atoms with Gasteiger partial charge < -0.3 is 25.8 Å². The van der Waals surface area contributed by atoms with E-state index in [0.717, 1.165) is 11.6 Å². The SMILES string of the molecule is N=C(O/C(N)=N/C1N=C(c2ccccc2)c2ccccc2NC1=O)c1ncc(C(F)(F)F)cc1NC1COC1. The first kappa shape index (κ1) is 25.9. The molecule has 1 fully saturated rings. The number of fused-ring (bicyclic) bond motifs is 1. The maximum Gasteiger partial charge on any atom is 0.417 e. The summed E-state index contributed by atoms with van der Waals surface area (Å²) in [6.07, 6.45) is -5.42. The van der Waals surface area contributed by atoms with E-state index < -0.39 is 35.7 Å². The number of aromatic nitrogens is 1. The summed E-state index contributed by atoms with van der Waals surface area (Å²) in [5.74, 6) is -1.26. The molecule has 1 saturated heterocycles. The second kappa shape index (κ2) is 10.5. The lowest BCUT2D eigenvalue weighted by Gasteiger charge is -2.28. The van der Waals surface area contributed by atoms with E-state index in [1.54, 1.807) is 18.2 Å². The van der Waals surface area contributed by atoms with Gasteiger partial charge in [0.1, 0.15) is 5.69 Å². The van der Waals surface area contributed by atoms with Crippen molar-refractivity contribution in [2.75, 3.05) is 23.8 Å². The van der Waals surface area contributed by atoms with E-state index in [1.807, 2.05) is 36.4 Å². The van der Waals surface area contributed by atoms with Crippen molar-refractivity contribution >= 4 is 34.9 Å². The number of hydrogen-bond donors (Lipinski definition) is 4. The number of amidine groups is 1. The lowest BCUT2D eigenvalue weighted by molar-refractivity contribution is -0.137. The second-order valence-electron chi connectivity index (χ2n) is 8.65. The van der Waals surface area contributed by atoms with Gasteiger partial charge in [-0.25, -0.2) is 9.98 Å². The number of benzene rings is 2. The highest BCUT2D eigenvalue weighted by molar-refractivity contribution is 6.19. The number of pyridine rings is 1. The van der Waals surface area contributed by atoms with Gasteiger partial charge in [0, 0.05) is 17.3 Å². The highest BCUT2D eigenvalue weighted by Gasteiger charge is 2.33. The molecule has 13 heteroatoms. The van der Waals surface area contributed by atoms with Crippen LogP contribution in [0.15, 0.2) is 76.8 Å². The van der Waals surface area contributed by atoms with Crippen LogP contribution in [0.5, 0.6) is 0 Å². The van der Waals surface area contributed by atoms with Gasteiger partial charge in [-0.3, -0.25) is 10.2 Å². The third kappa shape index (κ3) is 5.72. The second-order valence-corrected chi connectivity index (χ2v) is 8.65. The summed E-state index contributed by atoms with van der Waals surface area (Å²) in [6.45, 7) is 0.572. The van der Waals surface area contributed by atoms with Gasteiger partial charge >= 0.3 is 6.18 Å². The number of aliphatic imine (C=N–C) groups is 2. The van der Waals surface area contributed by atoms with E-state index in [0.29, 0.717) is 23.2 Å². The van der Waals surface area contributed by atoms with Crippen LogP contribution in [0.4, 0.5) is 24.5 Å². The van der Waals surface area contributed by atoms with E-state index >= 15 is 0 Å². The van der Waals surface area contributed by atoms with Gasteiger partial charge in [-0.15, -0.1) is 0 Å². The summed E-state index contributed by atoms with van der Waals surface area (Å²) in [7, 11) is 0. The molecule has 2 aliphatic heterocycles. The first-order chi connectivity index (χ1) is 18.7. The van der Waals surface area contributed by atoms with E-state index in [2.05, 4.69) is 25.6 Å². The Bertz CT molecular complexity index is 1470. The minimum absolute atomic E-state index is 0.0806. The number of anilines is 2. The van der Waals surface area contributed by atoms with Gasteiger partial charge in [-0.2, -0.15) is 18.2 Å². The molecule has 2 aromatic carbocycles. The number of carbonyl (C=O) groups is 1. The number of benzodiazepines with no additional fused rings is 1. The summed E-state index contributed by atoms with van der Waals surface area (Å²) >= 11 is 0. The molecule has 1 unspecified atom stereocenters. The van der Waals surface area contributed by atoms with Crippen LogP contribution in [0.25, 0.3) is 0 Å². The van der Waals surface area contributed by atoms with Crippen LogP contribution < -0.4 is 16.4 Å². The number of carbonyl (C=O) groups excluding carboxylic acids is 1. The Labute approximate surface area is 220 Å². The molecule has 200 valence electrons. The van der Waals surface area contributed by atoms with E-state index in [-0.39, 0.29) is 30.6 Å². The van der Waals surface area contributed by atoms with Gasteiger partial charge in [0.25, 0.3) is 11.9 Å². The Kier molecular flexibility index (Phi) is 6.98. The number of nitrogens with two attached hydrogens (primary N) is 1. The normalized spacial score (nSPS) is 17.7. The van der Waals surface area contributed by atoms with Gasteiger partial charge in [-0.1, -0.05) is 48.5 Å². The minimum Gasteiger partial charge on any atom is -0.405 e. The number of ether oxygens (including phenoxy) is 2. The Balaban J connectivity index is 1.43. The van der Waals surface area contributed by atoms with Crippen LogP contribution >= 0.6 is 0 Å². The highest BCUT2D eigenvalue weighted by Crippen LogP contribution is 2.32. The molecule has 0 bridgehead atoms. The monoisotopic (exact) mass is 537 g/mol. The summed E-state index contributed by atoms with van der Waals surface area (Å²) in [6, 6.07) is 16.3. The van der Waals surface area contributed by atoms with E-state index in [9.17, 15) is 18.0 Å². The number of para-hydroxylation sites is 1. The largest absolute Gasteiger partial charge is 0.417 e. The first-order valence-corrected chi connectivity index (χ1v) is 11.7. The van der Waals surface area contributed by atoms with Crippen molar-refractivity contribution < 1.29 is 27.4 Å². The molecule has 0 aliphatic carbocycles. The fraction of sp³-hybridized carbons (Fsp3) is 0.192. The molecule has 1 amide bonds. The number of hydrogen-bond acceptors (Lipinski definition) is 8. The molecule has 1 atom stereocenters. The third-order valence-electron chi connectivity index (χ3n) is 5.86. The van der Waals surface area contributed by atoms with Crippen LogP contribution in [0, 0.1) is 5.41 Å². The quantitative estimate of drug-likeness (QED) is 0.290. The molecule has 0 saturated carbocycles. The molecular formula is C26H22F3N7O3. The molecule has 0 radical (unpaired) electrons. The van der Waals surface area contributed by atoms with Crippen LogP contribution in [-0.4, -0.2) is 53.9 Å². The van der Waals surface area contributed by atoms with Crippen molar-refractivity contribution in [2.24, 2.45) is 15.7 Å². The van der Waals surface area contributed by atoms with Gasteiger partial charge in [0.05, 0.1) is 41.9 Å². The number of rotatable bonds is 5. The topological polar surface area (TPSA) is 147 Å². The fourth-order valence-corrected chi connectivity index (χ4v) is 3.91. The first-order valence-electron chi connectivity index (χ1n) is 11.7. The number of nitrogens with one attached hydrogen (secondary N) is 3. The Morgan fingerprint density at radius 3 is 2.56 bits per heavy atom. The van der Waals surface area contributed by atoms with Crippen molar-refractivity contribution in [3.8, 4) is 0 Å². The average Bonchev–Trinajstić information content (AvgIpc) is 3.02. The van der Waals surface area contributed by atoms with Crippen molar-refractivity contribution in [3.63, 3.8) is 0 Å². The predicted molar refractivity (Wildman–Crippen MR) is 138 cm³/mol. The minimum atomic E-state index is -4.64. The van der Waals surface area contributed by atoms with Gasteiger partial charge in [0.2, 0.25) is 12.1 Å². The maximum absolute atomic E-state index is 13.3. The average molecular weight is 538 g/mol. The summed E-state index contributed by atoms with van der Waals surface area (Å²) in [4.78, 5) is 25.3. The molecule has 1 aromatic heterocycles. The molecule has 5 N–H and O–H groups in total. The Hall–Kier alpha value is -4.78. The van der Waals surface area contributed by atoms with Crippen LogP contribution in [0.3, 0.4) is 0 Å². The predicted octanol–water partition coefficient (Wildman–Crippen LogP) is 3.38. The Morgan fingerprint density at radius 2 is 1.87 bits per heavy atom. The lowest BCUT2D eigenvalue weighted by Crippen LogP contribution is -2.41. The summed E-state index contributed by atoms with van der Waals surface area (Å²) < 4.78 is 50.1. The van der Waals surface area contributed by atoms with Gasteiger partial charge in [0.15, 0.2) is 0 Å². The van der Waals surface area contributed by atoms with Crippen LogP contribution in [0.2, 0.25) is 0 Å². The number of halogens is 3. The van der Waals surface area contributed by atoms with Crippen molar-refractivity contribution in [3.05, 3.63) is 89.2 Å². The van der Waals surface area contributed by atoms with Gasteiger partial charge in [-0.05, 0) is 12.1 Å². The molecule has 39 heavy (non-hydrogen) atoms. The lowest BCUT2D eigenvalue weighted by atomic mass is 10.0. The van der Waals surface area contributed by atoms with Crippen molar-refractivity contribution in [2.45, 2.75) is 18.4 Å². The number of alkyl halides is 3. The smallest absolute Gasteiger partial charge is 0.405 e. The molecular weight excluding hydrogens is 515 g/mol. The van der Waals surface area contributed by atoms with Crippen molar-refractivity contribution in [1.82, 2.24) is 4.98 Å². The third-order valence-corrected chi connectivity index (χ3v) is 5.86. The van der Waals surface area contributed by atoms with E-state index in [4.69, 9.17) is 20.6 Å². The number of nitrogens with zero attached hydrogens (tertiary/aromatic N) is 3. The number of amides is 1. The van der Waals surface area contributed by atoms with Crippen LogP contribution in [-0.2, 0) is 20.4 Å². The standard InChI is InChI=1S/C26H22F3N7O3/c27-26(28,29)15-10-19(33-16-12-38-13-16)21(32-11-15)22(30)39-25(31)36-23-24(37)34-18-9-5-4-8-17(18)20(35-23)14-6-2-1-3-7-14/h1-11,16,23,30,33H,12-13H2,(H2,31,36)(H,34,37).